The number of carbonyl (C=O) groups excluding carboxylic acids is 1. The summed E-state index contributed by atoms with van der Waals surface area (Å²) in [6, 6.07) is 1.19. The van der Waals surface area contributed by atoms with Gasteiger partial charge >= 0.3 is 5.97 Å². The maximum absolute atomic E-state index is 11.7. The molecule has 0 amide bonds. The van der Waals surface area contributed by atoms with Crippen LogP contribution in [-0.2, 0) is 9.53 Å². The van der Waals surface area contributed by atoms with Gasteiger partial charge in [-0.1, -0.05) is 6.92 Å². The number of carbonyl (C=O) groups is 1. The summed E-state index contributed by atoms with van der Waals surface area (Å²) >= 11 is 0. The minimum Gasteiger partial charge on any atom is -0.459 e. The number of nitrogens with zero attached hydrogens (tertiary/aromatic N) is 1. The van der Waals surface area contributed by atoms with Crippen LogP contribution in [0.5, 0.6) is 0 Å². The Kier molecular flexibility index (Phi) is 5.67. The monoisotopic (exact) mass is 296 g/mol. The highest BCUT2D eigenvalue weighted by Gasteiger charge is 2.31. The molecule has 1 N–H and O–H groups in total. The molecule has 0 bridgehead atoms. The van der Waals surface area contributed by atoms with Gasteiger partial charge in [-0.15, -0.1) is 0 Å². The second-order valence-corrected chi connectivity index (χ2v) is 7.85. The van der Waals surface area contributed by atoms with Gasteiger partial charge in [0.2, 0.25) is 0 Å². The summed E-state index contributed by atoms with van der Waals surface area (Å²) in [6.45, 7) is 10.9. The molecule has 0 radical (unpaired) electrons. The van der Waals surface area contributed by atoms with E-state index >= 15 is 0 Å². The third-order valence-corrected chi connectivity index (χ3v) is 4.69. The lowest BCUT2D eigenvalue weighted by Crippen LogP contribution is -2.41. The van der Waals surface area contributed by atoms with Crippen LogP contribution in [0.4, 0.5) is 0 Å². The smallest absolute Gasteiger partial charge is 0.320 e. The lowest BCUT2D eigenvalue weighted by molar-refractivity contribution is -0.153. The molecule has 0 aromatic rings. The number of likely N-dealkylation sites (tertiary alicyclic amines) is 1. The molecule has 1 saturated carbocycles. The van der Waals surface area contributed by atoms with E-state index in [0.717, 1.165) is 5.92 Å². The predicted octanol–water partition coefficient (Wildman–Crippen LogP) is 2.57. The average molecular weight is 296 g/mol. The lowest BCUT2D eigenvalue weighted by Gasteiger charge is -2.35. The summed E-state index contributed by atoms with van der Waals surface area (Å²) in [4.78, 5) is 14.4. The number of rotatable bonds is 4. The highest BCUT2D eigenvalue weighted by atomic mass is 16.6. The second-order valence-electron chi connectivity index (χ2n) is 7.85. The standard InChI is InChI=1S/C17H32N2O2/c1-13-7-9-19(10-8-13)15-6-5-14(11-15)18-12-16(20)21-17(2,3)4/h13-15,18H,5-12H2,1-4H3. The SMILES string of the molecule is CC1CCN(C2CCC(NCC(=O)OC(C)(C)C)C2)CC1. The predicted molar refractivity (Wildman–Crippen MR) is 85.2 cm³/mol. The molecule has 0 aromatic heterocycles. The normalized spacial score (nSPS) is 28.8. The van der Waals surface area contributed by atoms with Gasteiger partial charge in [-0.05, 0) is 71.9 Å². The minimum atomic E-state index is -0.387. The fourth-order valence-corrected chi connectivity index (χ4v) is 3.47. The molecule has 1 saturated heterocycles. The van der Waals surface area contributed by atoms with Crippen molar-refractivity contribution in [1.82, 2.24) is 10.2 Å². The Hall–Kier alpha value is -0.610. The van der Waals surface area contributed by atoms with Gasteiger partial charge in [0.1, 0.15) is 5.60 Å². The molecule has 2 fully saturated rings. The molecule has 1 heterocycles. The number of esters is 1. The quantitative estimate of drug-likeness (QED) is 0.810. The van der Waals surface area contributed by atoms with Crippen molar-refractivity contribution in [2.45, 2.75) is 77.5 Å². The van der Waals surface area contributed by atoms with Gasteiger partial charge in [-0.3, -0.25) is 4.79 Å². The van der Waals surface area contributed by atoms with Crippen LogP contribution < -0.4 is 5.32 Å². The third kappa shape index (κ3) is 5.59. The van der Waals surface area contributed by atoms with Crippen LogP contribution in [0.1, 0.15) is 59.8 Å². The zero-order valence-electron chi connectivity index (χ0n) is 14.2. The van der Waals surface area contributed by atoms with Crippen molar-refractivity contribution in [2.24, 2.45) is 5.92 Å². The van der Waals surface area contributed by atoms with Crippen molar-refractivity contribution in [3.8, 4) is 0 Å². The van der Waals surface area contributed by atoms with E-state index in [2.05, 4.69) is 17.1 Å². The summed E-state index contributed by atoms with van der Waals surface area (Å²) in [7, 11) is 0. The average Bonchev–Trinajstić information content (AvgIpc) is 2.84. The van der Waals surface area contributed by atoms with Crippen molar-refractivity contribution in [1.29, 1.82) is 0 Å². The number of piperidine rings is 1. The molecule has 122 valence electrons. The Morgan fingerprint density at radius 2 is 1.86 bits per heavy atom. The Labute approximate surface area is 129 Å². The van der Waals surface area contributed by atoms with E-state index in [-0.39, 0.29) is 11.6 Å². The first-order valence-corrected chi connectivity index (χ1v) is 8.53. The van der Waals surface area contributed by atoms with Crippen molar-refractivity contribution in [2.75, 3.05) is 19.6 Å². The third-order valence-electron chi connectivity index (χ3n) is 4.69. The zero-order chi connectivity index (χ0) is 15.5. The summed E-state index contributed by atoms with van der Waals surface area (Å²) in [6.07, 6.45) is 6.30. The van der Waals surface area contributed by atoms with Crippen molar-refractivity contribution < 1.29 is 9.53 Å². The first kappa shape index (κ1) is 16.8. The van der Waals surface area contributed by atoms with Gasteiger partial charge in [-0.2, -0.15) is 0 Å². The van der Waals surface area contributed by atoms with E-state index < -0.39 is 0 Å². The van der Waals surface area contributed by atoms with E-state index in [1.165, 1.54) is 45.2 Å². The molecule has 2 unspecified atom stereocenters. The number of hydrogen-bond donors (Lipinski definition) is 1. The van der Waals surface area contributed by atoms with Crippen LogP contribution in [0.3, 0.4) is 0 Å². The first-order chi connectivity index (χ1) is 9.83. The van der Waals surface area contributed by atoms with E-state index in [9.17, 15) is 4.79 Å². The Bertz CT molecular complexity index is 343. The molecular formula is C17H32N2O2. The summed E-state index contributed by atoms with van der Waals surface area (Å²) in [5.41, 5.74) is -0.387. The van der Waals surface area contributed by atoms with Gasteiger partial charge in [0.15, 0.2) is 0 Å². The van der Waals surface area contributed by atoms with Gasteiger partial charge in [-0.25, -0.2) is 0 Å². The van der Waals surface area contributed by atoms with E-state index in [1.807, 2.05) is 20.8 Å². The van der Waals surface area contributed by atoms with Gasteiger partial charge in [0, 0.05) is 12.1 Å². The Morgan fingerprint density at radius 1 is 1.19 bits per heavy atom. The molecule has 4 nitrogen and oxygen atoms in total. The van der Waals surface area contributed by atoms with E-state index in [1.54, 1.807) is 0 Å². The van der Waals surface area contributed by atoms with Crippen LogP contribution in [0.2, 0.25) is 0 Å². The first-order valence-electron chi connectivity index (χ1n) is 8.53. The summed E-state index contributed by atoms with van der Waals surface area (Å²) in [5, 5.41) is 3.38. The summed E-state index contributed by atoms with van der Waals surface area (Å²) in [5.74, 6) is 0.751. The second kappa shape index (κ2) is 7.10. The van der Waals surface area contributed by atoms with Crippen molar-refractivity contribution in [3.63, 3.8) is 0 Å². The molecule has 21 heavy (non-hydrogen) atoms. The van der Waals surface area contributed by atoms with Crippen molar-refractivity contribution in [3.05, 3.63) is 0 Å². The maximum Gasteiger partial charge on any atom is 0.320 e. The highest BCUT2D eigenvalue weighted by molar-refractivity contribution is 5.72. The van der Waals surface area contributed by atoms with E-state index in [0.29, 0.717) is 18.6 Å². The topological polar surface area (TPSA) is 41.6 Å². The number of ether oxygens (including phenoxy) is 1. The molecule has 4 heteroatoms. The molecule has 0 aromatic carbocycles. The highest BCUT2D eigenvalue weighted by Crippen LogP contribution is 2.28. The van der Waals surface area contributed by atoms with Gasteiger partial charge < -0.3 is 15.0 Å². The molecule has 2 atom stereocenters. The Morgan fingerprint density at radius 3 is 2.48 bits per heavy atom. The fourth-order valence-electron chi connectivity index (χ4n) is 3.47. The van der Waals surface area contributed by atoms with Gasteiger partial charge in [0.25, 0.3) is 0 Å². The van der Waals surface area contributed by atoms with Crippen LogP contribution >= 0.6 is 0 Å². The molecule has 1 aliphatic carbocycles. The van der Waals surface area contributed by atoms with E-state index in [4.69, 9.17) is 4.74 Å². The molecule has 0 spiro atoms. The molecule has 1 aliphatic heterocycles. The number of nitrogens with one attached hydrogen (secondary N) is 1. The van der Waals surface area contributed by atoms with Crippen LogP contribution in [0, 0.1) is 5.92 Å². The fraction of sp³-hybridized carbons (Fsp3) is 0.941. The van der Waals surface area contributed by atoms with Crippen LogP contribution in [0.25, 0.3) is 0 Å². The van der Waals surface area contributed by atoms with Crippen LogP contribution in [-0.4, -0.2) is 48.2 Å². The molecular weight excluding hydrogens is 264 g/mol. The summed E-state index contributed by atoms with van der Waals surface area (Å²) < 4.78 is 5.34. The van der Waals surface area contributed by atoms with Gasteiger partial charge in [0.05, 0.1) is 6.54 Å². The Balaban J connectivity index is 1.67. The lowest BCUT2D eigenvalue weighted by atomic mass is 9.97. The van der Waals surface area contributed by atoms with Crippen molar-refractivity contribution >= 4 is 5.97 Å². The maximum atomic E-state index is 11.7. The van der Waals surface area contributed by atoms with Crippen LogP contribution in [0.15, 0.2) is 0 Å². The molecule has 2 aliphatic rings. The number of hydrogen-bond acceptors (Lipinski definition) is 4. The minimum absolute atomic E-state index is 0.141. The molecule has 2 rings (SSSR count). The largest absolute Gasteiger partial charge is 0.459 e. The zero-order valence-corrected chi connectivity index (χ0v) is 14.2.